The van der Waals surface area contributed by atoms with Crippen LogP contribution >= 0.6 is 11.8 Å². The molecule has 0 bridgehead atoms. The van der Waals surface area contributed by atoms with Gasteiger partial charge < -0.3 is 26.1 Å². The SMILES string of the molecule is CC(C)CC(C=O)NC(=O)[C@H](Cc1ccccc1)NC=O.CCC(C)C(C)NC(=O)CNC=O.CCSC.CON1C(=O)CCC1=O. The van der Waals surface area contributed by atoms with Crippen LogP contribution in [0.2, 0.25) is 0 Å². The molecule has 0 radical (unpaired) electrons. The highest BCUT2D eigenvalue weighted by molar-refractivity contribution is 7.98. The van der Waals surface area contributed by atoms with Gasteiger partial charge in [0.1, 0.15) is 12.3 Å². The third-order valence-corrected chi connectivity index (χ3v) is 7.37. The molecule has 266 valence electrons. The molecule has 0 spiro atoms. The van der Waals surface area contributed by atoms with E-state index in [-0.39, 0.29) is 49.1 Å². The van der Waals surface area contributed by atoms with Gasteiger partial charge in [0.15, 0.2) is 0 Å². The third-order valence-electron chi connectivity index (χ3n) is 6.79. The Hall–Kier alpha value is -3.78. The van der Waals surface area contributed by atoms with E-state index >= 15 is 0 Å². The van der Waals surface area contributed by atoms with Gasteiger partial charge in [0.2, 0.25) is 24.6 Å². The first-order valence-corrected chi connectivity index (χ1v) is 17.1. The predicted molar refractivity (Wildman–Crippen MR) is 184 cm³/mol. The Kier molecular flexibility index (Phi) is 27.4. The molecule has 1 fully saturated rings. The highest BCUT2D eigenvalue weighted by Gasteiger charge is 2.28. The second-order valence-corrected chi connectivity index (χ2v) is 12.1. The fourth-order valence-electron chi connectivity index (χ4n) is 3.79. The summed E-state index contributed by atoms with van der Waals surface area (Å²) in [5.74, 6) is 1.01. The Bertz CT molecular complexity index is 1040. The fourth-order valence-corrected chi connectivity index (χ4v) is 3.79. The van der Waals surface area contributed by atoms with E-state index in [1.807, 2.05) is 62.9 Å². The van der Waals surface area contributed by atoms with Gasteiger partial charge in [0.25, 0.3) is 11.8 Å². The van der Waals surface area contributed by atoms with E-state index in [0.29, 0.717) is 37.5 Å². The van der Waals surface area contributed by atoms with Crippen molar-refractivity contribution in [2.45, 2.75) is 91.8 Å². The first-order valence-electron chi connectivity index (χ1n) is 15.7. The summed E-state index contributed by atoms with van der Waals surface area (Å²) in [5, 5.41) is 11.1. The average molecular weight is 682 g/mol. The first kappa shape index (κ1) is 45.3. The molecular weight excluding hydrogens is 626 g/mol. The van der Waals surface area contributed by atoms with Crippen molar-refractivity contribution in [2.75, 3.05) is 25.7 Å². The number of carbonyl (C=O) groups is 7. The molecule has 1 aliphatic rings. The van der Waals surface area contributed by atoms with Gasteiger partial charge in [0.05, 0.1) is 19.7 Å². The number of hydrogen-bond acceptors (Lipinski definition) is 9. The van der Waals surface area contributed by atoms with Gasteiger partial charge in [-0.2, -0.15) is 16.8 Å². The standard InChI is InChI=1S/C16H22N2O3.C9H18N2O2.C5H7NO3.C3H8S/c1-12(2)8-14(10-19)18-16(21)15(17-11-20)9-13-6-4-3-5-7-13;1-4-7(2)8(3)11-9(13)5-10-6-12;1-9-6-4(7)2-3-5(6)8;1-3-4-2/h3-7,10-12,14-15H,8-9H2,1-2H3,(H,17,20)(H,18,21);6-8H,4-5H2,1-3H3,(H,10,12)(H,11,13);2-3H2,1H3;3H2,1-2H3/t14?,15-;;;/m0.../s1. The van der Waals surface area contributed by atoms with Crippen molar-refractivity contribution in [1.82, 2.24) is 26.3 Å². The number of imide groups is 1. The van der Waals surface area contributed by atoms with Crippen LogP contribution in [0.1, 0.15) is 72.8 Å². The normalized spacial score (nSPS) is 14.3. The highest BCUT2D eigenvalue weighted by Crippen LogP contribution is 2.10. The first-order chi connectivity index (χ1) is 22.3. The van der Waals surface area contributed by atoms with Gasteiger partial charge in [0, 0.05) is 25.3 Å². The summed E-state index contributed by atoms with van der Waals surface area (Å²) in [6, 6.07) is 8.36. The Morgan fingerprint density at radius 1 is 0.957 bits per heavy atom. The lowest BCUT2D eigenvalue weighted by atomic mass is 10.0. The van der Waals surface area contributed by atoms with E-state index in [2.05, 4.69) is 53.1 Å². The molecule has 6 amide bonds. The lowest BCUT2D eigenvalue weighted by Gasteiger charge is -2.20. The van der Waals surface area contributed by atoms with Crippen LogP contribution in [0, 0.1) is 11.8 Å². The van der Waals surface area contributed by atoms with Gasteiger partial charge in [-0.15, -0.1) is 0 Å². The van der Waals surface area contributed by atoms with Crippen LogP contribution in [0.4, 0.5) is 0 Å². The summed E-state index contributed by atoms with van der Waals surface area (Å²) in [5.41, 5.74) is 0.943. The number of aldehydes is 1. The molecule has 3 unspecified atom stereocenters. The lowest BCUT2D eigenvalue weighted by molar-refractivity contribution is -0.179. The van der Waals surface area contributed by atoms with Crippen molar-refractivity contribution in [1.29, 1.82) is 0 Å². The molecule has 13 nitrogen and oxygen atoms in total. The number of nitrogens with zero attached hydrogens (tertiary/aromatic N) is 1. The van der Waals surface area contributed by atoms with E-state index in [9.17, 15) is 33.6 Å². The smallest absolute Gasteiger partial charge is 0.253 e. The predicted octanol–water partition coefficient (Wildman–Crippen LogP) is 2.42. The topological polar surface area (TPSA) is 180 Å². The molecule has 0 saturated carbocycles. The van der Waals surface area contributed by atoms with Gasteiger partial charge >= 0.3 is 0 Å². The maximum atomic E-state index is 12.2. The molecule has 0 aromatic heterocycles. The number of rotatable bonds is 17. The van der Waals surface area contributed by atoms with Crippen LogP contribution in [-0.2, 0) is 44.8 Å². The van der Waals surface area contributed by atoms with Crippen molar-refractivity contribution >= 4 is 54.5 Å². The Morgan fingerprint density at radius 3 is 1.94 bits per heavy atom. The van der Waals surface area contributed by atoms with Crippen molar-refractivity contribution < 1.29 is 38.4 Å². The summed E-state index contributed by atoms with van der Waals surface area (Å²) >= 11 is 1.86. The third kappa shape index (κ3) is 22.4. The zero-order valence-electron chi connectivity index (χ0n) is 29.1. The minimum absolute atomic E-state index is 0.0598. The maximum absolute atomic E-state index is 12.2. The van der Waals surface area contributed by atoms with E-state index in [4.69, 9.17) is 0 Å². The van der Waals surface area contributed by atoms with Crippen LogP contribution in [0.3, 0.4) is 0 Å². The van der Waals surface area contributed by atoms with Crippen molar-refractivity contribution in [3.63, 3.8) is 0 Å². The van der Waals surface area contributed by atoms with E-state index in [0.717, 1.165) is 23.3 Å². The minimum Gasteiger partial charge on any atom is -0.352 e. The number of benzene rings is 1. The Labute approximate surface area is 284 Å². The Balaban J connectivity index is 0. The van der Waals surface area contributed by atoms with Crippen LogP contribution in [0.25, 0.3) is 0 Å². The molecular formula is C33H55N5O8S. The van der Waals surface area contributed by atoms with Crippen molar-refractivity contribution in [3.05, 3.63) is 35.9 Å². The lowest BCUT2D eigenvalue weighted by Crippen LogP contribution is -2.49. The fraction of sp³-hybridized carbons (Fsp3) is 0.606. The summed E-state index contributed by atoms with van der Waals surface area (Å²) in [6.45, 7) is 12.3. The van der Waals surface area contributed by atoms with E-state index in [1.54, 1.807) is 0 Å². The van der Waals surface area contributed by atoms with Gasteiger partial charge in [-0.1, -0.05) is 71.4 Å². The zero-order chi connectivity index (χ0) is 36.2. The molecule has 1 aromatic rings. The van der Waals surface area contributed by atoms with Gasteiger partial charge in [-0.25, -0.2) is 0 Å². The van der Waals surface area contributed by atoms with Crippen LogP contribution in [-0.4, -0.2) is 91.6 Å². The summed E-state index contributed by atoms with van der Waals surface area (Å²) in [6.07, 6.45) is 6.42. The number of carbonyl (C=O) groups excluding carboxylic acids is 7. The van der Waals surface area contributed by atoms with Gasteiger partial charge in [-0.3, -0.25) is 33.6 Å². The molecule has 1 saturated heterocycles. The van der Waals surface area contributed by atoms with Crippen molar-refractivity contribution in [3.8, 4) is 0 Å². The molecule has 47 heavy (non-hydrogen) atoms. The van der Waals surface area contributed by atoms with Crippen LogP contribution in [0.15, 0.2) is 30.3 Å². The van der Waals surface area contributed by atoms with E-state index < -0.39 is 12.1 Å². The maximum Gasteiger partial charge on any atom is 0.253 e. The Morgan fingerprint density at radius 2 is 1.53 bits per heavy atom. The zero-order valence-corrected chi connectivity index (χ0v) is 29.9. The summed E-state index contributed by atoms with van der Waals surface area (Å²) < 4.78 is 0. The number of hydroxylamine groups is 2. The second-order valence-electron chi connectivity index (χ2n) is 11.0. The van der Waals surface area contributed by atoms with Gasteiger partial charge in [-0.05, 0) is 42.8 Å². The molecule has 0 aliphatic carbocycles. The quantitative estimate of drug-likeness (QED) is 0.142. The number of nitrogens with one attached hydrogen (secondary N) is 4. The largest absolute Gasteiger partial charge is 0.352 e. The monoisotopic (exact) mass is 681 g/mol. The highest BCUT2D eigenvalue weighted by atomic mass is 32.2. The second kappa shape index (κ2) is 28.4. The molecule has 2 rings (SSSR count). The number of thioether (sulfide) groups is 1. The molecule has 4 N–H and O–H groups in total. The van der Waals surface area contributed by atoms with Crippen molar-refractivity contribution in [2.24, 2.45) is 11.8 Å². The number of hydrogen-bond donors (Lipinski definition) is 4. The molecule has 4 atom stereocenters. The number of amides is 6. The van der Waals surface area contributed by atoms with E-state index in [1.165, 1.54) is 12.9 Å². The average Bonchev–Trinajstić information content (AvgIpc) is 3.39. The molecule has 1 aromatic carbocycles. The molecule has 1 aliphatic heterocycles. The minimum atomic E-state index is -0.681. The summed E-state index contributed by atoms with van der Waals surface area (Å²) in [7, 11) is 1.31. The van der Waals surface area contributed by atoms with Crippen LogP contribution in [0.5, 0.6) is 0 Å². The van der Waals surface area contributed by atoms with Crippen LogP contribution < -0.4 is 21.3 Å². The summed E-state index contributed by atoms with van der Waals surface area (Å²) in [4.78, 5) is 80.5. The molecule has 1 heterocycles. The molecule has 14 heteroatoms.